The van der Waals surface area contributed by atoms with Crippen LogP contribution in [0.5, 0.6) is 0 Å². The molecule has 2 heterocycles. The molecule has 2 aliphatic rings. The van der Waals surface area contributed by atoms with Gasteiger partial charge in [0.1, 0.15) is 11.9 Å². The van der Waals surface area contributed by atoms with Gasteiger partial charge in [0.15, 0.2) is 0 Å². The standard InChI is InChI=1S/C4H6N10O4.2CH6N4/c15-1(16)3(7-11-12-8-3)5-6-4(2(17)18)9-13-14-10-4;2*2-1(3)5-4/h(H,7,12)(H,8,11)(H,9,14)(H,10,13)(H,15,16)(H,17,18);2*4H2,(H4,2,3,5). The van der Waals surface area contributed by atoms with Crippen molar-refractivity contribution in [1.82, 2.24) is 21.9 Å². The number of hydrogen-bond donors (Lipinski definition) is 12. The summed E-state index contributed by atoms with van der Waals surface area (Å²) in [4.78, 5) is 21.7. The first-order chi connectivity index (χ1) is 13.0. The molecular weight excluding hydrogens is 388 g/mol. The van der Waals surface area contributed by atoms with Crippen LogP contribution in [0.15, 0.2) is 30.9 Å². The minimum Gasteiger partial charge on any atom is -0.544 e. The van der Waals surface area contributed by atoms with E-state index in [1.165, 1.54) is 0 Å². The lowest BCUT2D eigenvalue weighted by atomic mass is 10.4. The Hall–Kier alpha value is -4.60. The first kappa shape index (κ1) is 23.4. The number of carbonyl (C=O) groups is 2. The number of carboxylic acid groups (broad SMARTS) is 2. The molecule has 156 valence electrons. The average molecular weight is 406 g/mol. The molecule has 0 fully saturated rings. The van der Waals surface area contributed by atoms with Crippen molar-refractivity contribution in [2.75, 3.05) is 0 Å². The van der Waals surface area contributed by atoms with Crippen molar-refractivity contribution in [2.24, 2.45) is 65.5 Å². The maximum atomic E-state index is 10.8. The quantitative estimate of drug-likeness (QED) is 0.0677. The molecule has 0 saturated carbocycles. The van der Waals surface area contributed by atoms with E-state index in [1.54, 1.807) is 0 Å². The molecule has 0 aliphatic carbocycles. The highest BCUT2D eigenvalue weighted by molar-refractivity contribution is 5.77. The van der Waals surface area contributed by atoms with Crippen LogP contribution in [-0.2, 0) is 9.59 Å². The van der Waals surface area contributed by atoms with E-state index in [9.17, 15) is 19.8 Å². The Balaban J connectivity index is 0.000000607. The number of hydrazine groups is 4. The zero-order chi connectivity index (χ0) is 21.8. The van der Waals surface area contributed by atoms with Crippen LogP contribution in [-0.4, -0.2) is 35.4 Å². The Morgan fingerprint density at radius 2 is 1.07 bits per heavy atom. The molecule has 0 bridgehead atoms. The summed E-state index contributed by atoms with van der Waals surface area (Å²) in [5.74, 6) is 0.942. The third-order valence-electron chi connectivity index (χ3n) is 2.19. The van der Waals surface area contributed by atoms with Crippen molar-refractivity contribution in [3.8, 4) is 0 Å². The summed E-state index contributed by atoms with van der Waals surface area (Å²) >= 11 is 0. The van der Waals surface area contributed by atoms with Gasteiger partial charge in [0, 0.05) is 0 Å². The first-order valence-electron chi connectivity index (χ1n) is 6.49. The summed E-state index contributed by atoms with van der Waals surface area (Å²) in [5.41, 5.74) is 27.0. The van der Waals surface area contributed by atoms with Crippen molar-refractivity contribution in [3.05, 3.63) is 0 Å². The average Bonchev–Trinajstić information content (AvgIpc) is 3.32. The van der Waals surface area contributed by atoms with Crippen LogP contribution in [0.25, 0.3) is 0 Å². The Morgan fingerprint density at radius 1 is 0.786 bits per heavy atom. The third-order valence-corrected chi connectivity index (χ3v) is 2.19. The van der Waals surface area contributed by atoms with E-state index in [0.29, 0.717) is 0 Å². The molecular formula is C6H18N18O4. The zero-order valence-electron chi connectivity index (χ0n) is 13.8. The number of carboxylic acids is 2. The molecule has 0 aromatic rings. The van der Waals surface area contributed by atoms with Crippen LogP contribution in [0.3, 0.4) is 0 Å². The zero-order valence-corrected chi connectivity index (χ0v) is 13.8. The van der Waals surface area contributed by atoms with E-state index in [1.807, 2.05) is 32.1 Å². The SMILES string of the molecule is N[NH+]=C(N)N.N[NH+]=C(N)N.O=C([O-])C1(N=NC2(C(=O)[O-])N=NNN2)N=NNN1. The Kier molecular flexibility index (Phi) is 8.70. The van der Waals surface area contributed by atoms with Crippen LogP contribution < -0.4 is 77.0 Å². The Morgan fingerprint density at radius 3 is 1.21 bits per heavy atom. The number of guanidine groups is 2. The highest BCUT2D eigenvalue weighted by Gasteiger charge is 2.40. The predicted molar refractivity (Wildman–Crippen MR) is 79.7 cm³/mol. The maximum absolute atomic E-state index is 10.8. The van der Waals surface area contributed by atoms with Crippen LogP contribution in [0.1, 0.15) is 0 Å². The van der Waals surface area contributed by atoms with Gasteiger partial charge in [0.2, 0.25) is 0 Å². The van der Waals surface area contributed by atoms with Crippen molar-refractivity contribution in [2.45, 2.75) is 11.6 Å². The molecule has 0 amide bonds. The lowest BCUT2D eigenvalue weighted by molar-refractivity contribution is -0.471. The predicted octanol–water partition coefficient (Wildman–Crippen LogP) is -12.4. The number of nitrogens with one attached hydrogen (secondary N) is 6. The summed E-state index contributed by atoms with van der Waals surface area (Å²) in [6, 6.07) is 0. The van der Waals surface area contributed by atoms with Gasteiger partial charge in [0.05, 0.1) is 0 Å². The monoisotopic (exact) mass is 406 g/mol. The van der Waals surface area contributed by atoms with Crippen molar-refractivity contribution >= 4 is 23.9 Å². The number of aliphatic carboxylic acids is 2. The highest BCUT2D eigenvalue weighted by atomic mass is 16.4. The van der Waals surface area contributed by atoms with Crippen LogP contribution in [0.4, 0.5) is 0 Å². The van der Waals surface area contributed by atoms with E-state index < -0.39 is 23.5 Å². The fourth-order valence-corrected chi connectivity index (χ4v) is 0.951. The minimum atomic E-state index is -2.39. The van der Waals surface area contributed by atoms with E-state index in [0.717, 1.165) is 0 Å². The topological polar surface area (TPSA) is 387 Å². The molecule has 22 nitrogen and oxygen atoms in total. The van der Waals surface area contributed by atoms with Gasteiger partial charge in [-0.25, -0.2) is 11.1 Å². The van der Waals surface area contributed by atoms with Gasteiger partial charge < -0.3 is 19.8 Å². The third kappa shape index (κ3) is 6.72. The van der Waals surface area contributed by atoms with Gasteiger partial charge in [-0.1, -0.05) is 10.4 Å². The second kappa shape index (κ2) is 10.4. The number of hydrogen-bond acceptors (Lipinski definition) is 16. The molecule has 0 spiro atoms. The Bertz CT molecular complexity index is 632. The van der Waals surface area contributed by atoms with Gasteiger partial charge in [0.25, 0.3) is 0 Å². The van der Waals surface area contributed by atoms with Gasteiger partial charge in [-0.15, -0.1) is 20.5 Å². The summed E-state index contributed by atoms with van der Waals surface area (Å²) in [7, 11) is 0. The maximum Gasteiger partial charge on any atom is 0.360 e. The molecule has 0 radical (unpaired) electrons. The Labute approximate surface area is 154 Å². The second-order valence-corrected chi connectivity index (χ2v) is 4.19. The van der Waals surface area contributed by atoms with E-state index >= 15 is 0 Å². The number of nitrogens with two attached hydrogens (primary N) is 6. The molecule has 0 aromatic carbocycles. The molecule has 2 unspecified atom stereocenters. The molecule has 22 heteroatoms. The first-order valence-corrected chi connectivity index (χ1v) is 6.49. The number of nitrogens with zero attached hydrogens (tertiary/aromatic N) is 6. The normalized spacial score (nSPS) is 23.9. The molecule has 2 aliphatic heterocycles. The van der Waals surface area contributed by atoms with Gasteiger partial charge in [-0.05, 0) is 0 Å². The van der Waals surface area contributed by atoms with Crippen molar-refractivity contribution < 1.29 is 30.0 Å². The van der Waals surface area contributed by atoms with Gasteiger partial charge in [-0.2, -0.15) is 21.1 Å². The van der Waals surface area contributed by atoms with E-state index in [4.69, 9.17) is 22.9 Å². The summed E-state index contributed by atoms with van der Waals surface area (Å²) in [6.07, 6.45) is 0. The molecule has 2 atom stereocenters. The molecule has 0 aromatic heterocycles. The van der Waals surface area contributed by atoms with Crippen LogP contribution in [0, 0.1) is 0 Å². The second-order valence-electron chi connectivity index (χ2n) is 4.19. The van der Waals surface area contributed by atoms with Crippen molar-refractivity contribution in [1.29, 1.82) is 0 Å². The van der Waals surface area contributed by atoms with Gasteiger partial charge in [-0.3, -0.25) is 34.6 Å². The summed E-state index contributed by atoms with van der Waals surface area (Å²) in [6.45, 7) is 0. The largest absolute Gasteiger partial charge is 0.544 e. The number of carbonyl (C=O) groups excluding carboxylic acids is 2. The van der Waals surface area contributed by atoms with Crippen LogP contribution >= 0.6 is 0 Å². The van der Waals surface area contributed by atoms with Gasteiger partial charge >= 0.3 is 23.5 Å². The summed E-state index contributed by atoms with van der Waals surface area (Å²) in [5, 5.41) is 44.6. The van der Waals surface area contributed by atoms with E-state index in [2.05, 4.69) is 42.6 Å². The molecule has 18 N–H and O–H groups in total. The number of hydrazone groups is 2. The smallest absolute Gasteiger partial charge is 0.360 e. The van der Waals surface area contributed by atoms with Crippen molar-refractivity contribution in [3.63, 3.8) is 0 Å². The fraction of sp³-hybridized carbons (Fsp3) is 0.333. The number of rotatable bonds is 4. The number of azo groups is 1. The fourth-order valence-electron chi connectivity index (χ4n) is 0.951. The lowest BCUT2D eigenvalue weighted by Gasteiger charge is -2.22. The minimum absolute atomic E-state index is 0.0324. The molecule has 0 saturated heterocycles. The lowest BCUT2D eigenvalue weighted by Crippen LogP contribution is -2.84. The van der Waals surface area contributed by atoms with Crippen LogP contribution in [0.2, 0.25) is 0 Å². The molecule has 2 rings (SSSR count). The highest BCUT2D eigenvalue weighted by Crippen LogP contribution is 2.18. The molecule has 28 heavy (non-hydrogen) atoms. The van der Waals surface area contributed by atoms with E-state index in [-0.39, 0.29) is 11.9 Å². The summed E-state index contributed by atoms with van der Waals surface area (Å²) < 4.78 is 0.